The molecule has 6 nitrogen and oxygen atoms in total. The molecule has 2 atom stereocenters. The van der Waals surface area contributed by atoms with Crippen molar-refractivity contribution < 1.29 is 19.4 Å². The molecule has 1 fully saturated rings. The van der Waals surface area contributed by atoms with E-state index in [0.29, 0.717) is 12.3 Å². The fraction of sp³-hybridized carbons (Fsp3) is 0.481. The van der Waals surface area contributed by atoms with Crippen LogP contribution in [0.2, 0.25) is 0 Å². The fourth-order valence-electron chi connectivity index (χ4n) is 4.99. The zero-order valence-electron chi connectivity index (χ0n) is 19.3. The van der Waals surface area contributed by atoms with E-state index in [2.05, 4.69) is 36.5 Å². The second-order valence-electron chi connectivity index (χ2n) is 9.18. The first-order valence-corrected chi connectivity index (χ1v) is 12.1. The molecule has 0 saturated heterocycles. The normalized spacial score (nSPS) is 20.0. The van der Waals surface area contributed by atoms with Crippen LogP contribution in [-0.4, -0.2) is 36.2 Å². The number of benzene rings is 2. The van der Waals surface area contributed by atoms with E-state index in [9.17, 15) is 14.7 Å². The molecule has 0 spiro atoms. The van der Waals surface area contributed by atoms with E-state index in [1.807, 2.05) is 24.3 Å². The predicted molar refractivity (Wildman–Crippen MR) is 128 cm³/mol. The van der Waals surface area contributed by atoms with E-state index in [1.54, 1.807) is 4.90 Å². The Labute approximate surface area is 195 Å². The van der Waals surface area contributed by atoms with Crippen molar-refractivity contribution >= 4 is 17.6 Å². The van der Waals surface area contributed by atoms with Crippen molar-refractivity contribution in [2.75, 3.05) is 18.1 Å². The molecule has 0 radical (unpaired) electrons. The Balaban J connectivity index is 1.52. The summed E-state index contributed by atoms with van der Waals surface area (Å²) in [5.74, 6) is -0.531. The lowest BCUT2D eigenvalue weighted by atomic mass is 9.80. The minimum Gasteiger partial charge on any atom is -0.489 e. The standard InChI is InChI=1S/C27H34N2O4/c1-2-19-12-14-20(15-13-19)17-29-24-10-6-7-11-25(24)33-18-23(26(29)30)28-16-22(27(31)32)21-8-4-3-5-9-21/h6-7,10-15,21-23,28H,2-5,8-9,16-18H2,1H3,(H,31,32)/t22-,23-/m0/s1. The number of hydrogen-bond donors (Lipinski definition) is 2. The molecule has 2 aliphatic rings. The number of ether oxygens (including phenoxy) is 1. The summed E-state index contributed by atoms with van der Waals surface area (Å²) in [6, 6.07) is 15.3. The molecular weight excluding hydrogens is 416 g/mol. The van der Waals surface area contributed by atoms with Crippen molar-refractivity contribution in [3.63, 3.8) is 0 Å². The number of nitrogens with one attached hydrogen (secondary N) is 1. The first-order chi connectivity index (χ1) is 16.1. The van der Waals surface area contributed by atoms with Crippen molar-refractivity contribution in [1.29, 1.82) is 0 Å². The van der Waals surface area contributed by atoms with Gasteiger partial charge in [0.2, 0.25) is 5.91 Å². The highest BCUT2D eigenvalue weighted by molar-refractivity contribution is 5.99. The van der Waals surface area contributed by atoms with Crippen molar-refractivity contribution in [2.24, 2.45) is 11.8 Å². The summed E-state index contributed by atoms with van der Waals surface area (Å²) in [6.45, 7) is 3.01. The third kappa shape index (κ3) is 5.56. The molecule has 1 aliphatic heterocycles. The number of nitrogens with zero attached hydrogens (tertiary/aromatic N) is 1. The zero-order chi connectivity index (χ0) is 23.2. The van der Waals surface area contributed by atoms with Gasteiger partial charge in [-0.15, -0.1) is 0 Å². The summed E-state index contributed by atoms with van der Waals surface area (Å²) >= 11 is 0. The Morgan fingerprint density at radius 2 is 1.79 bits per heavy atom. The average molecular weight is 451 g/mol. The number of fused-ring (bicyclic) bond motifs is 1. The molecule has 2 aromatic rings. The molecule has 0 aromatic heterocycles. The van der Waals surface area contributed by atoms with E-state index >= 15 is 0 Å². The van der Waals surface area contributed by atoms with Crippen molar-refractivity contribution in [3.05, 3.63) is 59.7 Å². The molecule has 0 unspecified atom stereocenters. The molecule has 0 bridgehead atoms. The number of carbonyl (C=O) groups is 2. The smallest absolute Gasteiger partial charge is 0.308 e. The number of carbonyl (C=O) groups excluding carboxylic acids is 1. The highest BCUT2D eigenvalue weighted by atomic mass is 16.5. The molecule has 176 valence electrons. The van der Waals surface area contributed by atoms with Crippen LogP contribution < -0.4 is 15.0 Å². The number of aliphatic carboxylic acids is 1. The van der Waals surface area contributed by atoms with Crippen LogP contribution in [0.15, 0.2) is 48.5 Å². The number of para-hydroxylation sites is 2. The number of carboxylic acid groups (broad SMARTS) is 1. The van der Waals surface area contributed by atoms with E-state index in [-0.39, 0.29) is 25.0 Å². The number of aryl methyl sites for hydroxylation is 1. The SMILES string of the molecule is CCc1ccc(CN2C(=O)[C@@H](NC[C@H](C(=O)O)C3CCCCC3)COc3ccccc32)cc1. The number of amides is 1. The predicted octanol–water partition coefficient (Wildman–Crippen LogP) is 4.41. The lowest BCUT2D eigenvalue weighted by Gasteiger charge is -2.29. The zero-order valence-corrected chi connectivity index (χ0v) is 19.3. The van der Waals surface area contributed by atoms with Crippen molar-refractivity contribution in [2.45, 2.75) is 58.0 Å². The Hall–Kier alpha value is -2.86. The van der Waals surface area contributed by atoms with Gasteiger partial charge in [0.25, 0.3) is 0 Å². The first-order valence-electron chi connectivity index (χ1n) is 12.1. The molecular formula is C27H34N2O4. The molecule has 1 saturated carbocycles. The van der Waals surface area contributed by atoms with Crippen LogP contribution >= 0.6 is 0 Å². The molecule has 4 rings (SSSR count). The molecule has 1 aliphatic carbocycles. The van der Waals surface area contributed by atoms with Gasteiger partial charge in [0.15, 0.2) is 0 Å². The Morgan fingerprint density at radius 1 is 1.09 bits per heavy atom. The lowest BCUT2D eigenvalue weighted by Crippen LogP contribution is -2.50. The van der Waals surface area contributed by atoms with Gasteiger partial charge in [-0.3, -0.25) is 9.59 Å². The summed E-state index contributed by atoms with van der Waals surface area (Å²) in [7, 11) is 0. The monoisotopic (exact) mass is 450 g/mol. The molecule has 2 aromatic carbocycles. The van der Waals surface area contributed by atoms with E-state index < -0.39 is 17.9 Å². The van der Waals surface area contributed by atoms with Gasteiger partial charge in [-0.25, -0.2) is 0 Å². The Kier molecular flexibility index (Phi) is 7.65. The molecule has 1 amide bonds. The van der Waals surface area contributed by atoms with E-state index in [1.165, 1.54) is 12.0 Å². The van der Waals surface area contributed by atoms with Crippen LogP contribution in [0.1, 0.15) is 50.2 Å². The quantitative estimate of drug-likeness (QED) is 0.623. The largest absolute Gasteiger partial charge is 0.489 e. The van der Waals surface area contributed by atoms with Gasteiger partial charge in [0, 0.05) is 6.54 Å². The van der Waals surface area contributed by atoms with Gasteiger partial charge in [-0.05, 0) is 48.4 Å². The molecule has 1 heterocycles. The number of hydrogen-bond acceptors (Lipinski definition) is 4. The van der Waals surface area contributed by atoms with Crippen molar-refractivity contribution in [3.8, 4) is 5.75 Å². The van der Waals surface area contributed by atoms with Crippen molar-refractivity contribution in [1.82, 2.24) is 5.32 Å². The second kappa shape index (κ2) is 10.8. The molecule has 2 N–H and O–H groups in total. The van der Waals surface area contributed by atoms with Crippen LogP contribution in [0.3, 0.4) is 0 Å². The maximum atomic E-state index is 13.6. The van der Waals surface area contributed by atoms with Gasteiger partial charge >= 0.3 is 5.97 Å². The van der Waals surface area contributed by atoms with Crippen LogP contribution in [0.25, 0.3) is 0 Å². The minimum atomic E-state index is -0.785. The van der Waals surface area contributed by atoms with Gasteiger partial charge in [0.1, 0.15) is 18.4 Å². The average Bonchev–Trinajstić information content (AvgIpc) is 2.97. The van der Waals surface area contributed by atoms with Crippen LogP contribution in [-0.2, 0) is 22.6 Å². The number of anilines is 1. The van der Waals surface area contributed by atoms with Gasteiger partial charge in [-0.1, -0.05) is 62.6 Å². The first kappa shape index (κ1) is 23.3. The summed E-state index contributed by atoms with van der Waals surface area (Å²) in [5, 5.41) is 13.1. The number of carboxylic acids is 1. The van der Waals surface area contributed by atoms with E-state index in [4.69, 9.17) is 4.74 Å². The summed E-state index contributed by atoms with van der Waals surface area (Å²) in [6.07, 6.45) is 6.20. The summed E-state index contributed by atoms with van der Waals surface area (Å²) in [5.41, 5.74) is 3.04. The third-order valence-corrected chi connectivity index (χ3v) is 7.02. The summed E-state index contributed by atoms with van der Waals surface area (Å²) < 4.78 is 6.00. The maximum Gasteiger partial charge on any atom is 0.308 e. The van der Waals surface area contributed by atoms with Crippen LogP contribution in [0.4, 0.5) is 5.69 Å². The Morgan fingerprint density at radius 3 is 2.48 bits per heavy atom. The highest BCUT2D eigenvalue weighted by Gasteiger charge is 2.34. The minimum absolute atomic E-state index is 0.0905. The maximum absolute atomic E-state index is 13.6. The van der Waals surface area contributed by atoms with Gasteiger partial charge < -0.3 is 20.1 Å². The topological polar surface area (TPSA) is 78.9 Å². The molecule has 6 heteroatoms. The second-order valence-corrected chi connectivity index (χ2v) is 9.18. The van der Waals surface area contributed by atoms with Crippen LogP contribution in [0, 0.1) is 11.8 Å². The van der Waals surface area contributed by atoms with Gasteiger partial charge in [0.05, 0.1) is 18.2 Å². The molecule has 33 heavy (non-hydrogen) atoms. The number of rotatable bonds is 8. The summed E-state index contributed by atoms with van der Waals surface area (Å²) in [4.78, 5) is 27.4. The third-order valence-electron chi connectivity index (χ3n) is 7.02. The van der Waals surface area contributed by atoms with E-state index in [0.717, 1.165) is 43.4 Å². The highest BCUT2D eigenvalue weighted by Crippen LogP contribution is 2.33. The fourth-order valence-corrected chi connectivity index (χ4v) is 4.99. The van der Waals surface area contributed by atoms with Crippen LogP contribution in [0.5, 0.6) is 5.75 Å². The lowest BCUT2D eigenvalue weighted by molar-refractivity contribution is -0.144. The van der Waals surface area contributed by atoms with Gasteiger partial charge in [-0.2, -0.15) is 0 Å². The Bertz CT molecular complexity index is 953.